The molecule has 108 valence electrons. The summed E-state index contributed by atoms with van der Waals surface area (Å²) < 4.78 is 12.9. The molecule has 0 radical (unpaired) electrons. The minimum atomic E-state index is 0.331. The third kappa shape index (κ3) is 2.88. The predicted molar refractivity (Wildman–Crippen MR) is 77.4 cm³/mol. The lowest BCUT2D eigenvalue weighted by Gasteiger charge is -2.10. The molecule has 0 unspecified atom stereocenters. The molecule has 2 aromatic rings. The van der Waals surface area contributed by atoms with Crippen LogP contribution in [0.15, 0.2) is 18.2 Å². The number of ether oxygens (including phenoxy) is 2. The molecule has 6 heteroatoms. The first kappa shape index (κ1) is 14.7. The van der Waals surface area contributed by atoms with Crippen LogP contribution in [0.25, 0.3) is 0 Å². The van der Waals surface area contributed by atoms with Gasteiger partial charge in [0.1, 0.15) is 18.2 Å². The molecule has 0 bridgehead atoms. The number of hydrogen-bond acceptors (Lipinski definition) is 4. The molecule has 0 atom stereocenters. The molecule has 1 aromatic heterocycles. The molecular weight excluding hydrogens is 278 g/mol. The van der Waals surface area contributed by atoms with Crippen LogP contribution >= 0.6 is 11.6 Å². The third-order valence-corrected chi connectivity index (χ3v) is 3.47. The number of rotatable bonds is 6. The normalized spacial score (nSPS) is 10.6. The molecule has 2 rings (SSSR count). The van der Waals surface area contributed by atoms with Crippen molar-refractivity contribution >= 4 is 11.6 Å². The van der Waals surface area contributed by atoms with Crippen molar-refractivity contribution in [3.8, 4) is 11.8 Å². The average Bonchev–Trinajstić information content (AvgIpc) is 2.88. The highest BCUT2D eigenvalue weighted by Gasteiger charge is 2.12. The summed E-state index contributed by atoms with van der Waals surface area (Å²) in [4.78, 5) is 0. The van der Waals surface area contributed by atoms with Gasteiger partial charge in [-0.3, -0.25) is 4.57 Å². The standard InChI is InChI=1S/C14H18ClN3O2/c1-4-12-16-17-14(18(12)5-2)20-9-10-7-6-8-11(19-3)13(10)15/h6-8H,4-5,9H2,1-3H3. The highest BCUT2D eigenvalue weighted by Crippen LogP contribution is 2.28. The van der Waals surface area contributed by atoms with Crippen molar-refractivity contribution < 1.29 is 9.47 Å². The zero-order chi connectivity index (χ0) is 14.5. The van der Waals surface area contributed by atoms with Gasteiger partial charge in [-0.05, 0) is 13.0 Å². The summed E-state index contributed by atoms with van der Waals surface area (Å²) in [6.45, 7) is 5.18. The number of hydrogen-bond donors (Lipinski definition) is 0. The summed E-state index contributed by atoms with van der Waals surface area (Å²) in [7, 11) is 1.59. The van der Waals surface area contributed by atoms with E-state index in [0.717, 1.165) is 24.4 Å². The maximum absolute atomic E-state index is 6.23. The van der Waals surface area contributed by atoms with Gasteiger partial charge in [-0.2, -0.15) is 0 Å². The van der Waals surface area contributed by atoms with E-state index in [2.05, 4.69) is 10.2 Å². The summed E-state index contributed by atoms with van der Waals surface area (Å²) >= 11 is 6.23. The Labute approximate surface area is 123 Å². The third-order valence-electron chi connectivity index (χ3n) is 3.05. The van der Waals surface area contributed by atoms with E-state index in [1.807, 2.05) is 36.6 Å². The Morgan fingerprint density at radius 1 is 1.25 bits per heavy atom. The van der Waals surface area contributed by atoms with Gasteiger partial charge in [-0.25, -0.2) is 0 Å². The molecular formula is C14H18ClN3O2. The first-order valence-electron chi connectivity index (χ1n) is 6.57. The van der Waals surface area contributed by atoms with Crippen LogP contribution in [0, 0.1) is 0 Å². The van der Waals surface area contributed by atoms with E-state index >= 15 is 0 Å². The number of aryl methyl sites for hydroxylation is 1. The molecule has 0 aliphatic heterocycles. The molecule has 0 saturated carbocycles. The molecule has 20 heavy (non-hydrogen) atoms. The average molecular weight is 296 g/mol. The van der Waals surface area contributed by atoms with Crippen LogP contribution < -0.4 is 9.47 Å². The van der Waals surface area contributed by atoms with E-state index in [4.69, 9.17) is 21.1 Å². The summed E-state index contributed by atoms with van der Waals surface area (Å²) in [6.07, 6.45) is 0.824. The molecule has 1 aromatic carbocycles. The van der Waals surface area contributed by atoms with Crippen LogP contribution in [0.2, 0.25) is 5.02 Å². The van der Waals surface area contributed by atoms with Gasteiger partial charge >= 0.3 is 6.01 Å². The second-order valence-electron chi connectivity index (χ2n) is 4.22. The summed E-state index contributed by atoms with van der Waals surface area (Å²) in [5.74, 6) is 1.55. The molecule has 0 spiro atoms. The SMILES string of the molecule is CCc1nnc(OCc2cccc(OC)c2Cl)n1CC. The van der Waals surface area contributed by atoms with Crippen molar-refractivity contribution in [2.24, 2.45) is 0 Å². The quantitative estimate of drug-likeness (QED) is 0.821. The molecule has 0 fully saturated rings. The largest absolute Gasteiger partial charge is 0.495 e. The molecule has 5 nitrogen and oxygen atoms in total. The zero-order valence-electron chi connectivity index (χ0n) is 11.9. The van der Waals surface area contributed by atoms with Crippen LogP contribution in [0.4, 0.5) is 0 Å². The number of methoxy groups -OCH3 is 1. The van der Waals surface area contributed by atoms with Crippen LogP contribution in [-0.2, 0) is 19.6 Å². The predicted octanol–water partition coefficient (Wildman–Crippen LogP) is 3.10. The minimum Gasteiger partial charge on any atom is -0.495 e. The highest BCUT2D eigenvalue weighted by atomic mass is 35.5. The monoisotopic (exact) mass is 295 g/mol. The van der Waals surface area contributed by atoms with Gasteiger partial charge in [0.05, 0.1) is 12.1 Å². The number of halogens is 1. The van der Waals surface area contributed by atoms with Gasteiger partial charge in [-0.15, -0.1) is 5.10 Å². The Hall–Kier alpha value is -1.75. The Morgan fingerprint density at radius 3 is 2.70 bits per heavy atom. The lowest BCUT2D eigenvalue weighted by Crippen LogP contribution is -2.06. The van der Waals surface area contributed by atoms with Crippen molar-refractivity contribution in [1.29, 1.82) is 0 Å². The topological polar surface area (TPSA) is 49.2 Å². The second-order valence-corrected chi connectivity index (χ2v) is 4.60. The van der Waals surface area contributed by atoms with E-state index in [1.54, 1.807) is 7.11 Å². The molecule has 0 amide bonds. The second kappa shape index (κ2) is 6.61. The van der Waals surface area contributed by atoms with Crippen molar-refractivity contribution in [2.75, 3.05) is 7.11 Å². The lowest BCUT2D eigenvalue weighted by molar-refractivity contribution is 0.265. The lowest BCUT2D eigenvalue weighted by atomic mass is 10.2. The van der Waals surface area contributed by atoms with Gasteiger partial charge in [-0.1, -0.05) is 35.8 Å². The number of nitrogens with zero attached hydrogens (tertiary/aromatic N) is 3. The van der Waals surface area contributed by atoms with E-state index < -0.39 is 0 Å². The van der Waals surface area contributed by atoms with Crippen molar-refractivity contribution in [3.63, 3.8) is 0 Å². The van der Waals surface area contributed by atoms with Crippen LogP contribution in [0.3, 0.4) is 0 Å². The number of aromatic nitrogens is 3. The van der Waals surface area contributed by atoms with Crippen molar-refractivity contribution in [3.05, 3.63) is 34.6 Å². The van der Waals surface area contributed by atoms with Gasteiger partial charge < -0.3 is 9.47 Å². The fourth-order valence-corrected chi connectivity index (χ4v) is 2.23. The van der Waals surface area contributed by atoms with E-state index in [1.165, 1.54) is 0 Å². The summed E-state index contributed by atoms with van der Waals surface area (Å²) in [5.41, 5.74) is 0.856. The van der Waals surface area contributed by atoms with Crippen LogP contribution in [0.5, 0.6) is 11.8 Å². The smallest absolute Gasteiger partial charge is 0.317 e. The van der Waals surface area contributed by atoms with Gasteiger partial charge in [0, 0.05) is 18.5 Å². The zero-order valence-corrected chi connectivity index (χ0v) is 12.6. The first-order valence-corrected chi connectivity index (χ1v) is 6.95. The van der Waals surface area contributed by atoms with E-state index in [9.17, 15) is 0 Å². The maximum atomic E-state index is 6.23. The van der Waals surface area contributed by atoms with E-state index in [-0.39, 0.29) is 0 Å². The summed E-state index contributed by atoms with van der Waals surface area (Å²) in [6, 6.07) is 6.11. The Bertz CT molecular complexity index is 584. The first-order chi connectivity index (χ1) is 9.71. The molecule has 1 heterocycles. The Kier molecular flexibility index (Phi) is 4.84. The number of benzene rings is 1. The fraction of sp³-hybridized carbons (Fsp3) is 0.429. The van der Waals surface area contributed by atoms with Crippen LogP contribution in [0.1, 0.15) is 25.2 Å². The maximum Gasteiger partial charge on any atom is 0.317 e. The van der Waals surface area contributed by atoms with Gasteiger partial charge in [0.15, 0.2) is 0 Å². The van der Waals surface area contributed by atoms with E-state index in [0.29, 0.717) is 23.4 Å². The molecule has 0 aliphatic carbocycles. The molecule has 0 N–H and O–H groups in total. The van der Waals surface area contributed by atoms with Crippen LogP contribution in [-0.4, -0.2) is 21.9 Å². The Morgan fingerprint density at radius 2 is 2.05 bits per heavy atom. The minimum absolute atomic E-state index is 0.331. The van der Waals surface area contributed by atoms with Crippen molar-refractivity contribution in [1.82, 2.24) is 14.8 Å². The molecule has 0 saturated heterocycles. The Balaban J connectivity index is 2.15. The fourth-order valence-electron chi connectivity index (χ4n) is 1.97. The van der Waals surface area contributed by atoms with Crippen molar-refractivity contribution in [2.45, 2.75) is 33.4 Å². The molecule has 0 aliphatic rings. The van der Waals surface area contributed by atoms with Gasteiger partial charge in [0.2, 0.25) is 0 Å². The van der Waals surface area contributed by atoms with Gasteiger partial charge in [0.25, 0.3) is 0 Å². The highest BCUT2D eigenvalue weighted by molar-refractivity contribution is 6.32. The summed E-state index contributed by atoms with van der Waals surface area (Å²) in [5, 5.41) is 8.73.